The Hall–Kier alpha value is -2.93. The zero-order valence-electron chi connectivity index (χ0n) is 15.5. The lowest BCUT2D eigenvalue weighted by atomic mass is 10.0. The number of nitrogens with one attached hydrogen (secondary N) is 1. The number of aryl methyl sites for hydroxylation is 1. The van der Waals surface area contributed by atoms with Crippen molar-refractivity contribution in [2.45, 2.75) is 19.9 Å². The fraction of sp³-hybridized carbons (Fsp3) is 0.350. The first kappa shape index (κ1) is 18.8. The summed E-state index contributed by atoms with van der Waals surface area (Å²) in [4.78, 5) is 25.7. The van der Waals surface area contributed by atoms with E-state index in [0.717, 1.165) is 11.1 Å². The molecule has 0 aromatic heterocycles. The highest BCUT2D eigenvalue weighted by molar-refractivity contribution is 6.00. The van der Waals surface area contributed by atoms with Gasteiger partial charge in [0.15, 0.2) is 0 Å². The predicted molar refractivity (Wildman–Crippen MR) is 103 cm³/mol. The lowest BCUT2D eigenvalue weighted by Crippen LogP contribution is -2.38. The Bertz CT molecular complexity index is 830. The van der Waals surface area contributed by atoms with E-state index in [2.05, 4.69) is 5.32 Å². The van der Waals surface area contributed by atoms with Gasteiger partial charge in [0.2, 0.25) is 0 Å². The van der Waals surface area contributed by atoms with Gasteiger partial charge in [-0.2, -0.15) is 0 Å². The Morgan fingerprint density at radius 1 is 1.19 bits per heavy atom. The van der Waals surface area contributed by atoms with Crippen LogP contribution in [0.25, 0.3) is 0 Å². The molecule has 1 fully saturated rings. The largest absolute Gasteiger partial charge is 0.378 e. The lowest BCUT2D eigenvalue weighted by molar-refractivity contribution is -0.384. The van der Waals surface area contributed by atoms with Gasteiger partial charge in [-0.05, 0) is 25.5 Å². The van der Waals surface area contributed by atoms with Gasteiger partial charge in [0.1, 0.15) is 0 Å². The highest BCUT2D eigenvalue weighted by Gasteiger charge is 2.23. The summed E-state index contributed by atoms with van der Waals surface area (Å²) in [5, 5.41) is 14.1. The van der Waals surface area contributed by atoms with E-state index in [1.165, 1.54) is 12.1 Å². The van der Waals surface area contributed by atoms with Crippen LogP contribution in [0.5, 0.6) is 0 Å². The minimum absolute atomic E-state index is 0.0971. The second-order valence-electron chi connectivity index (χ2n) is 6.66. The monoisotopic (exact) mass is 369 g/mol. The van der Waals surface area contributed by atoms with Crippen LogP contribution in [-0.2, 0) is 4.74 Å². The second kappa shape index (κ2) is 8.18. The van der Waals surface area contributed by atoms with Crippen LogP contribution < -0.4 is 10.2 Å². The van der Waals surface area contributed by atoms with Crippen LogP contribution in [0.15, 0.2) is 42.5 Å². The number of hydrogen-bond donors (Lipinski definition) is 1. The molecule has 142 valence electrons. The molecule has 0 aliphatic carbocycles. The molecule has 0 radical (unpaired) electrons. The van der Waals surface area contributed by atoms with E-state index >= 15 is 0 Å². The van der Waals surface area contributed by atoms with Crippen molar-refractivity contribution in [3.63, 3.8) is 0 Å². The van der Waals surface area contributed by atoms with Crippen LogP contribution in [-0.4, -0.2) is 37.1 Å². The number of rotatable bonds is 5. The van der Waals surface area contributed by atoms with E-state index < -0.39 is 4.92 Å². The van der Waals surface area contributed by atoms with E-state index in [-0.39, 0.29) is 17.6 Å². The SMILES string of the molecule is Cc1ccc(C(C)NC(=O)c2cc([N+](=O)[O-])ccc2N2CCOCC2)cc1. The highest BCUT2D eigenvalue weighted by atomic mass is 16.6. The summed E-state index contributed by atoms with van der Waals surface area (Å²) in [6, 6.07) is 12.1. The van der Waals surface area contributed by atoms with Crippen molar-refractivity contribution in [2.24, 2.45) is 0 Å². The van der Waals surface area contributed by atoms with Gasteiger partial charge in [-0.1, -0.05) is 29.8 Å². The summed E-state index contributed by atoms with van der Waals surface area (Å²) >= 11 is 0. The molecule has 1 unspecified atom stereocenters. The van der Waals surface area contributed by atoms with Gasteiger partial charge >= 0.3 is 0 Å². The van der Waals surface area contributed by atoms with Gasteiger partial charge in [-0.15, -0.1) is 0 Å². The van der Waals surface area contributed by atoms with Crippen LogP contribution in [0.3, 0.4) is 0 Å². The fourth-order valence-electron chi connectivity index (χ4n) is 3.11. The molecule has 1 N–H and O–H groups in total. The molecule has 1 amide bonds. The molecule has 1 aliphatic heterocycles. The molecule has 2 aromatic carbocycles. The number of ether oxygens (including phenoxy) is 1. The van der Waals surface area contributed by atoms with Crippen molar-refractivity contribution in [3.8, 4) is 0 Å². The molecule has 1 atom stereocenters. The summed E-state index contributed by atoms with van der Waals surface area (Å²) in [5.74, 6) is -0.326. The first-order valence-electron chi connectivity index (χ1n) is 8.94. The molecule has 1 saturated heterocycles. The fourth-order valence-corrected chi connectivity index (χ4v) is 3.11. The van der Waals surface area contributed by atoms with Crippen molar-refractivity contribution >= 4 is 17.3 Å². The molecular weight excluding hydrogens is 346 g/mol. The van der Waals surface area contributed by atoms with Crippen molar-refractivity contribution < 1.29 is 14.5 Å². The molecule has 0 saturated carbocycles. The van der Waals surface area contributed by atoms with Gasteiger partial charge in [0.25, 0.3) is 11.6 Å². The maximum absolute atomic E-state index is 12.9. The number of nitro groups is 1. The third-order valence-corrected chi connectivity index (χ3v) is 4.71. The summed E-state index contributed by atoms with van der Waals surface area (Å²) in [6.07, 6.45) is 0. The summed E-state index contributed by atoms with van der Waals surface area (Å²) in [5.41, 5.74) is 3.03. The maximum Gasteiger partial charge on any atom is 0.270 e. The topological polar surface area (TPSA) is 84.7 Å². The number of nitro benzene ring substituents is 1. The standard InChI is InChI=1S/C20H23N3O4/c1-14-3-5-16(6-4-14)15(2)21-20(24)18-13-17(23(25)26)7-8-19(18)22-9-11-27-12-10-22/h3-8,13,15H,9-12H2,1-2H3,(H,21,24). The first-order chi connectivity index (χ1) is 13.0. The molecular formula is C20H23N3O4. The third kappa shape index (κ3) is 4.43. The number of carbonyl (C=O) groups excluding carboxylic acids is 1. The van der Waals surface area contributed by atoms with Gasteiger partial charge in [0.05, 0.1) is 35.4 Å². The van der Waals surface area contributed by atoms with E-state index in [1.807, 2.05) is 43.0 Å². The van der Waals surface area contributed by atoms with Crippen LogP contribution in [0.1, 0.15) is 34.5 Å². The quantitative estimate of drug-likeness (QED) is 0.646. The summed E-state index contributed by atoms with van der Waals surface area (Å²) in [7, 11) is 0. The average Bonchev–Trinajstić information content (AvgIpc) is 2.68. The van der Waals surface area contributed by atoms with Crippen LogP contribution in [0.2, 0.25) is 0 Å². The Morgan fingerprint density at radius 3 is 2.48 bits per heavy atom. The number of hydrogen-bond acceptors (Lipinski definition) is 5. The zero-order chi connectivity index (χ0) is 19.4. The van der Waals surface area contributed by atoms with Crippen LogP contribution in [0.4, 0.5) is 11.4 Å². The lowest BCUT2D eigenvalue weighted by Gasteiger charge is -2.30. The molecule has 2 aromatic rings. The molecule has 3 rings (SSSR count). The van der Waals surface area contributed by atoms with Gasteiger partial charge < -0.3 is 15.0 Å². The van der Waals surface area contributed by atoms with E-state index in [9.17, 15) is 14.9 Å². The maximum atomic E-state index is 12.9. The summed E-state index contributed by atoms with van der Waals surface area (Å²) in [6.45, 7) is 6.33. The Morgan fingerprint density at radius 2 is 1.85 bits per heavy atom. The number of benzene rings is 2. The predicted octanol–water partition coefficient (Wildman–Crippen LogP) is 3.23. The Balaban J connectivity index is 1.87. The van der Waals surface area contributed by atoms with Crippen LogP contribution >= 0.6 is 0 Å². The molecule has 0 bridgehead atoms. The minimum atomic E-state index is -0.483. The smallest absolute Gasteiger partial charge is 0.270 e. The van der Waals surface area contributed by atoms with Gasteiger partial charge in [-0.25, -0.2) is 0 Å². The van der Waals surface area contributed by atoms with Crippen molar-refractivity contribution in [2.75, 3.05) is 31.2 Å². The molecule has 1 heterocycles. The number of anilines is 1. The molecule has 1 aliphatic rings. The van der Waals surface area contributed by atoms with E-state index in [0.29, 0.717) is 37.6 Å². The number of morpholine rings is 1. The Kier molecular flexibility index (Phi) is 5.71. The van der Waals surface area contributed by atoms with Crippen molar-refractivity contribution in [3.05, 3.63) is 69.3 Å². The van der Waals surface area contributed by atoms with Gasteiger partial charge in [-0.3, -0.25) is 14.9 Å². The highest BCUT2D eigenvalue weighted by Crippen LogP contribution is 2.27. The van der Waals surface area contributed by atoms with Gasteiger partial charge in [0, 0.05) is 25.2 Å². The third-order valence-electron chi connectivity index (χ3n) is 4.71. The molecule has 7 heteroatoms. The Labute approximate surface area is 158 Å². The normalized spacial score (nSPS) is 15.3. The minimum Gasteiger partial charge on any atom is -0.378 e. The van der Waals surface area contributed by atoms with E-state index in [4.69, 9.17) is 4.74 Å². The summed E-state index contributed by atoms with van der Waals surface area (Å²) < 4.78 is 5.37. The number of amides is 1. The van der Waals surface area contributed by atoms with Crippen molar-refractivity contribution in [1.29, 1.82) is 0 Å². The average molecular weight is 369 g/mol. The van der Waals surface area contributed by atoms with Crippen molar-refractivity contribution in [1.82, 2.24) is 5.32 Å². The molecule has 27 heavy (non-hydrogen) atoms. The number of non-ortho nitro benzene ring substituents is 1. The first-order valence-corrected chi connectivity index (χ1v) is 8.94. The zero-order valence-corrected chi connectivity index (χ0v) is 15.5. The number of carbonyl (C=O) groups is 1. The molecule has 7 nitrogen and oxygen atoms in total. The molecule has 0 spiro atoms. The number of nitrogens with zero attached hydrogens (tertiary/aromatic N) is 2. The van der Waals surface area contributed by atoms with E-state index in [1.54, 1.807) is 6.07 Å². The van der Waals surface area contributed by atoms with Crippen LogP contribution in [0, 0.1) is 17.0 Å². The second-order valence-corrected chi connectivity index (χ2v) is 6.66.